The maximum atomic E-state index is 13.6. The normalized spacial score (nSPS) is 13.5. The molecule has 3 aromatic carbocycles. The summed E-state index contributed by atoms with van der Waals surface area (Å²) in [7, 11) is 3.11. The molecule has 0 atom stereocenters. The number of carbonyl (C=O) groups is 2. The van der Waals surface area contributed by atoms with Gasteiger partial charge in [0.2, 0.25) is 0 Å². The largest absolute Gasteiger partial charge is 0.497 e. The van der Waals surface area contributed by atoms with Crippen LogP contribution in [-0.4, -0.2) is 26.0 Å². The summed E-state index contributed by atoms with van der Waals surface area (Å²) in [6, 6.07) is 20.3. The fourth-order valence-electron chi connectivity index (χ4n) is 3.79. The van der Waals surface area contributed by atoms with Crippen LogP contribution in [0.15, 0.2) is 72.4 Å². The molecule has 6 heteroatoms. The van der Waals surface area contributed by atoms with Gasteiger partial charge in [-0.1, -0.05) is 48.9 Å². The minimum absolute atomic E-state index is 0.201. The van der Waals surface area contributed by atoms with Crippen LogP contribution in [0.2, 0.25) is 0 Å². The second-order valence-corrected chi connectivity index (χ2v) is 7.77. The summed E-state index contributed by atoms with van der Waals surface area (Å²) in [5.41, 5.74) is 4.47. The smallest absolute Gasteiger partial charge is 0.282 e. The maximum Gasteiger partial charge on any atom is 0.282 e. The van der Waals surface area contributed by atoms with Crippen molar-refractivity contribution >= 4 is 28.8 Å². The van der Waals surface area contributed by atoms with Crippen LogP contribution in [0.25, 0.3) is 5.57 Å². The molecule has 0 unspecified atom stereocenters. The number of nitrogens with zero attached hydrogens (tertiary/aromatic N) is 1. The van der Waals surface area contributed by atoms with E-state index in [0.717, 1.165) is 17.5 Å². The molecule has 168 valence electrons. The second-order valence-electron chi connectivity index (χ2n) is 7.77. The molecule has 0 saturated carbocycles. The molecule has 33 heavy (non-hydrogen) atoms. The summed E-state index contributed by atoms with van der Waals surface area (Å²) in [4.78, 5) is 28.4. The lowest BCUT2D eigenvalue weighted by Crippen LogP contribution is -2.32. The van der Waals surface area contributed by atoms with Gasteiger partial charge in [-0.25, -0.2) is 4.90 Å². The first-order chi connectivity index (χ1) is 16.0. The van der Waals surface area contributed by atoms with Crippen molar-refractivity contribution in [2.75, 3.05) is 24.4 Å². The molecule has 0 bridgehead atoms. The van der Waals surface area contributed by atoms with Crippen molar-refractivity contribution in [2.24, 2.45) is 0 Å². The monoisotopic (exact) mass is 442 g/mol. The third-order valence-electron chi connectivity index (χ3n) is 5.70. The average molecular weight is 443 g/mol. The number of benzene rings is 3. The Kier molecular flexibility index (Phi) is 6.18. The zero-order valence-corrected chi connectivity index (χ0v) is 19.1. The maximum absolute atomic E-state index is 13.6. The first kappa shape index (κ1) is 22.1. The predicted octanol–water partition coefficient (Wildman–Crippen LogP) is 4.97. The standard InChI is InChI=1S/C27H26N2O4/c1-5-18-8-12-20(13-9-18)29-26(30)24(19-10-6-17(2)7-11-19)25(27(29)31)28-22-15-14-21(32-3)16-23(22)33-4/h6-16,28H,5H2,1-4H3. The molecule has 0 aliphatic carbocycles. The topological polar surface area (TPSA) is 67.9 Å². The number of aryl methyl sites for hydroxylation is 2. The van der Waals surface area contributed by atoms with Gasteiger partial charge in [-0.2, -0.15) is 0 Å². The Labute approximate surface area is 193 Å². The Balaban J connectivity index is 1.81. The van der Waals surface area contributed by atoms with E-state index in [1.54, 1.807) is 44.6 Å². The molecule has 0 saturated heterocycles. The third-order valence-corrected chi connectivity index (χ3v) is 5.70. The van der Waals surface area contributed by atoms with E-state index in [2.05, 4.69) is 12.2 Å². The van der Waals surface area contributed by atoms with Crippen LogP contribution in [0.3, 0.4) is 0 Å². The molecule has 4 rings (SSSR count). The zero-order chi connectivity index (χ0) is 23.5. The second kappa shape index (κ2) is 9.20. The van der Waals surface area contributed by atoms with Gasteiger partial charge in [0, 0.05) is 6.07 Å². The zero-order valence-electron chi connectivity index (χ0n) is 19.1. The van der Waals surface area contributed by atoms with Gasteiger partial charge in [-0.3, -0.25) is 9.59 Å². The molecule has 3 aromatic rings. The molecule has 0 radical (unpaired) electrons. The van der Waals surface area contributed by atoms with E-state index in [-0.39, 0.29) is 11.6 Å². The minimum Gasteiger partial charge on any atom is -0.497 e. The first-order valence-electron chi connectivity index (χ1n) is 10.7. The van der Waals surface area contributed by atoms with E-state index in [9.17, 15) is 9.59 Å². The van der Waals surface area contributed by atoms with Gasteiger partial charge >= 0.3 is 0 Å². The minimum atomic E-state index is -0.419. The molecule has 0 spiro atoms. The summed E-state index contributed by atoms with van der Waals surface area (Å²) >= 11 is 0. The van der Waals surface area contributed by atoms with Crippen LogP contribution in [0, 0.1) is 6.92 Å². The van der Waals surface area contributed by atoms with Crippen molar-refractivity contribution in [3.8, 4) is 11.5 Å². The van der Waals surface area contributed by atoms with Crippen molar-refractivity contribution in [1.29, 1.82) is 0 Å². The summed E-state index contributed by atoms with van der Waals surface area (Å²) < 4.78 is 10.7. The SMILES string of the molecule is CCc1ccc(N2C(=O)C(Nc3ccc(OC)cc3OC)=C(c3ccc(C)cc3)C2=O)cc1. The van der Waals surface area contributed by atoms with Gasteiger partial charge in [0.25, 0.3) is 11.8 Å². The molecule has 2 amide bonds. The fraction of sp³-hybridized carbons (Fsp3) is 0.185. The molecule has 1 heterocycles. The number of amides is 2. The quantitative estimate of drug-likeness (QED) is 0.523. The highest BCUT2D eigenvalue weighted by Gasteiger charge is 2.40. The van der Waals surface area contributed by atoms with Gasteiger partial charge < -0.3 is 14.8 Å². The van der Waals surface area contributed by atoms with Crippen LogP contribution in [-0.2, 0) is 16.0 Å². The highest BCUT2D eigenvalue weighted by Crippen LogP contribution is 2.37. The van der Waals surface area contributed by atoms with E-state index in [4.69, 9.17) is 9.47 Å². The van der Waals surface area contributed by atoms with Gasteiger partial charge in [0.1, 0.15) is 17.2 Å². The van der Waals surface area contributed by atoms with Crippen LogP contribution in [0.1, 0.15) is 23.6 Å². The molecular weight excluding hydrogens is 416 g/mol. The molecule has 1 N–H and O–H groups in total. The molecule has 1 aliphatic rings. The van der Waals surface area contributed by atoms with Crippen LogP contribution in [0.5, 0.6) is 11.5 Å². The van der Waals surface area contributed by atoms with Gasteiger partial charge in [-0.15, -0.1) is 0 Å². The Hall–Kier alpha value is -4.06. The molecule has 0 fully saturated rings. The number of hydrogen-bond acceptors (Lipinski definition) is 5. The summed E-state index contributed by atoms with van der Waals surface area (Å²) in [5.74, 6) is 0.327. The number of imide groups is 1. The number of hydrogen-bond donors (Lipinski definition) is 1. The third kappa shape index (κ3) is 4.20. The predicted molar refractivity (Wildman–Crippen MR) is 130 cm³/mol. The van der Waals surface area contributed by atoms with E-state index in [0.29, 0.717) is 34.0 Å². The Morgan fingerprint density at radius 2 is 1.55 bits per heavy atom. The van der Waals surface area contributed by atoms with Gasteiger partial charge in [0.05, 0.1) is 31.2 Å². The fourth-order valence-corrected chi connectivity index (χ4v) is 3.79. The van der Waals surface area contributed by atoms with Crippen molar-refractivity contribution in [2.45, 2.75) is 20.3 Å². The van der Waals surface area contributed by atoms with Gasteiger partial charge in [0.15, 0.2) is 0 Å². The lowest BCUT2D eigenvalue weighted by molar-refractivity contribution is -0.120. The van der Waals surface area contributed by atoms with Crippen molar-refractivity contribution < 1.29 is 19.1 Å². The number of methoxy groups -OCH3 is 2. The molecule has 6 nitrogen and oxygen atoms in total. The Morgan fingerprint density at radius 3 is 2.15 bits per heavy atom. The van der Waals surface area contributed by atoms with Crippen molar-refractivity contribution in [1.82, 2.24) is 0 Å². The number of ether oxygens (including phenoxy) is 2. The highest BCUT2D eigenvalue weighted by molar-refractivity contribution is 6.46. The number of nitrogens with one attached hydrogen (secondary N) is 1. The van der Waals surface area contributed by atoms with E-state index < -0.39 is 5.91 Å². The summed E-state index contributed by atoms with van der Waals surface area (Å²) in [6.07, 6.45) is 0.874. The van der Waals surface area contributed by atoms with Crippen LogP contribution >= 0.6 is 0 Å². The lowest BCUT2D eigenvalue weighted by Gasteiger charge is -2.16. The van der Waals surface area contributed by atoms with E-state index in [1.807, 2.05) is 43.3 Å². The van der Waals surface area contributed by atoms with Gasteiger partial charge in [-0.05, 0) is 48.7 Å². The van der Waals surface area contributed by atoms with Crippen molar-refractivity contribution in [3.63, 3.8) is 0 Å². The number of anilines is 2. The van der Waals surface area contributed by atoms with Crippen molar-refractivity contribution in [3.05, 3.63) is 89.1 Å². The molecule has 1 aliphatic heterocycles. The van der Waals surface area contributed by atoms with Crippen LogP contribution < -0.4 is 19.7 Å². The summed E-state index contributed by atoms with van der Waals surface area (Å²) in [5, 5.41) is 3.16. The molecular formula is C27H26N2O4. The van der Waals surface area contributed by atoms with Crippen LogP contribution in [0.4, 0.5) is 11.4 Å². The van der Waals surface area contributed by atoms with E-state index >= 15 is 0 Å². The highest BCUT2D eigenvalue weighted by atomic mass is 16.5. The number of rotatable bonds is 7. The molecule has 0 aromatic heterocycles. The number of carbonyl (C=O) groups excluding carboxylic acids is 2. The first-order valence-corrected chi connectivity index (χ1v) is 10.7. The Morgan fingerprint density at radius 1 is 0.848 bits per heavy atom. The van der Waals surface area contributed by atoms with E-state index in [1.165, 1.54) is 4.90 Å². The lowest BCUT2D eigenvalue weighted by atomic mass is 10.0. The average Bonchev–Trinajstić information content (AvgIpc) is 3.09. The summed E-state index contributed by atoms with van der Waals surface area (Å²) in [6.45, 7) is 4.03. The Bertz CT molecular complexity index is 1230.